The van der Waals surface area contributed by atoms with Crippen LogP contribution in [-0.4, -0.2) is 18.1 Å². The number of carbonyl (C=O) groups is 1. The second kappa shape index (κ2) is 5.71. The standard InChI is InChI=1S/C14H13ClN2O3/c1-20-12-4-2-3-11(18)13(12)14(19)17-8-5-6-10(16)9(15)7-8/h2-7,18H,16H2,1H3,(H,17,19). The molecule has 0 aromatic heterocycles. The van der Waals surface area contributed by atoms with Gasteiger partial charge in [0.15, 0.2) is 0 Å². The molecule has 104 valence electrons. The molecule has 2 aromatic rings. The second-order valence-electron chi connectivity index (χ2n) is 4.04. The summed E-state index contributed by atoms with van der Waals surface area (Å²) in [6, 6.07) is 9.32. The normalized spacial score (nSPS) is 10.1. The number of aromatic hydroxyl groups is 1. The number of hydrogen-bond acceptors (Lipinski definition) is 4. The third kappa shape index (κ3) is 2.78. The summed E-state index contributed by atoms with van der Waals surface area (Å²) in [5, 5.41) is 12.7. The first-order valence-corrected chi connectivity index (χ1v) is 6.13. The van der Waals surface area contributed by atoms with Gasteiger partial charge in [-0.2, -0.15) is 0 Å². The number of ether oxygens (including phenoxy) is 1. The Kier molecular flexibility index (Phi) is 4.00. The van der Waals surface area contributed by atoms with Crippen molar-refractivity contribution in [2.45, 2.75) is 0 Å². The lowest BCUT2D eigenvalue weighted by atomic mass is 10.1. The summed E-state index contributed by atoms with van der Waals surface area (Å²) in [4.78, 5) is 12.2. The molecular formula is C14H13ClN2O3. The molecule has 0 fully saturated rings. The van der Waals surface area contributed by atoms with Crippen molar-refractivity contribution in [3.8, 4) is 11.5 Å². The maximum Gasteiger partial charge on any atom is 0.263 e. The van der Waals surface area contributed by atoms with E-state index in [1.807, 2.05) is 0 Å². The summed E-state index contributed by atoms with van der Waals surface area (Å²) in [5.74, 6) is -0.381. The van der Waals surface area contributed by atoms with Crippen molar-refractivity contribution in [3.05, 3.63) is 47.0 Å². The number of methoxy groups -OCH3 is 1. The zero-order valence-corrected chi connectivity index (χ0v) is 11.4. The minimum Gasteiger partial charge on any atom is -0.507 e. The lowest BCUT2D eigenvalue weighted by molar-refractivity contribution is 0.102. The average molecular weight is 293 g/mol. The van der Waals surface area contributed by atoms with Crippen molar-refractivity contribution >= 4 is 28.9 Å². The highest BCUT2D eigenvalue weighted by atomic mass is 35.5. The third-order valence-corrected chi connectivity index (χ3v) is 3.04. The maximum atomic E-state index is 12.2. The highest BCUT2D eigenvalue weighted by molar-refractivity contribution is 6.33. The Morgan fingerprint density at radius 2 is 2.10 bits per heavy atom. The molecule has 0 radical (unpaired) electrons. The van der Waals surface area contributed by atoms with Gasteiger partial charge in [-0.1, -0.05) is 17.7 Å². The van der Waals surface area contributed by atoms with E-state index in [4.69, 9.17) is 22.1 Å². The summed E-state index contributed by atoms with van der Waals surface area (Å²) in [6.45, 7) is 0. The van der Waals surface area contributed by atoms with Crippen LogP contribution in [0.1, 0.15) is 10.4 Å². The number of nitrogen functional groups attached to an aromatic ring is 1. The molecule has 2 rings (SSSR count). The highest BCUT2D eigenvalue weighted by Crippen LogP contribution is 2.29. The van der Waals surface area contributed by atoms with Crippen LogP contribution in [0, 0.1) is 0 Å². The Balaban J connectivity index is 2.30. The Morgan fingerprint density at radius 1 is 1.35 bits per heavy atom. The van der Waals surface area contributed by atoms with Gasteiger partial charge in [0.25, 0.3) is 5.91 Å². The number of halogens is 1. The number of nitrogens with two attached hydrogens (primary N) is 1. The Labute approximate surface area is 120 Å². The third-order valence-electron chi connectivity index (χ3n) is 2.71. The second-order valence-corrected chi connectivity index (χ2v) is 4.45. The van der Waals surface area contributed by atoms with E-state index >= 15 is 0 Å². The summed E-state index contributed by atoms with van der Waals surface area (Å²) in [7, 11) is 1.42. The molecule has 0 spiro atoms. The molecule has 0 aliphatic heterocycles. The number of amides is 1. The highest BCUT2D eigenvalue weighted by Gasteiger charge is 2.17. The molecule has 4 N–H and O–H groups in total. The first kappa shape index (κ1) is 14.0. The molecule has 0 heterocycles. The average Bonchev–Trinajstić information content (AvgIpc) is 2.42. The quantitative estimate of drug-likeness (QED) is 0.759. The van der Waals surface area contributed by atoms with Crippen molar-refractivity contribution in [1.29, 1.82) is 0 Å². The van der Waals surface area contributed by atoms with Gasteiger partial charge in [-0.05, 0) is 30.3 Å². The minimum absolute atomic E-state index is 0.0583. The number of anilines is 2. The number of nitrogens with one attached hydrogen (secondary N) is 1. The molecule has 0 bridgehead atoms. The Bertz CT molecular complexity index is 659. The molecule has 0 aliphatic rings. The molecule has 0 unspecified atom stereocenters. The van der Waals surface area contributed by atoms with Crippen LogP contribution < -0.4 is 15.8 Å². The predicted molar refractivity (Wildman–Crippen MR) is 78.5 cm³/mol. The van der Waals surface area contributed by atoms with Gasteiger partial charge in [0, 0.05) is 5.69 Å². The van der Waals surface area contributed by atoms with Gasteiger partial charge in [0.05, 0.1) is 17.8 Å². The van der Waals surface area contributed by atoms with Crippen molar-refractivity contribution in [2.24, 2.45) is 0 Å². The van der Waals surface area contributed by atoms with Crippen LogP contribution in [-0.2, 0) is 0 Å². The van der Waals surface area contributed by atoms with Gasteiger partial charge >= 0.3 is 0 Å². The first-order valence-electron chi connectivity index (χ1n) is 5.75. The topological polar surface area (TPSA) is 84.6 Å². The molecular weight excluding hydrogens is 280 g/mol. The van der Waals surface area contributed by atoms with E-state index in [1.165, 1.54) is 19.2 Å². The number of phenols is 1. The van der Waals surface area contributed by atoms with E-state index in [1.54, 1.807) is 24.3 Å². The van der Waals surface area contributed by atoms with Gasteiger partial charge in [-0.3, -0.25) is 4.79 Å². The monoisotopic (exact) mass is 292 g/mol. The van der Waals surface area contributed by atoms with Crippen LogP contribution in [0.5, 0.6) is 11.5 Å². The summed E-state index contributed by atoms with van der Waals surface area (Å²) in [5.41, 5.74) is 6.55. The van der Waals surface area contributed by atoms with E-state index in [0.717, 1.165) is 0 Å². The van der Waals surface area contributed by atoms with Gasteiger partial charge < -0.3 is 20.9 Å². The minimum atomic E-state index is -0.499. The van der Waals surface area contributed by atoms with Crippen LogP contribution in [0.25, 0.3) is 0 Å². The smallest absolute Gasteiger partial charge is 0.263 e. The molecule has 5 nitrogen and oxygen atoms in total. The maximum absolute atomic E-state index is 12.2. The summed E-state index contributed by atoms with van der Waals surface area (Å²) < 4.78 is 5.06. The van der Waals surface area contributed by atoms with Gasteiger partial charge in [0.1, 0.15) is 17.1 Å². The lowest BCUT2D eigenvalue weighted by Crippen LogP contribution is -2.13. The largest absolute Gasteiger partial charge is 0.507 e. The van der Waals surface area contributed by atoms with Crippen LogP contribution >= 0.6 is 11.6 Å². The van der Waals surface area contributed by atoms with Crippen molar-refractivity contribution in [2.75, 3.05) is 18.2 Å². The van der Waals surface area contributed by atoms with Crippen molar-refractivity contribution in [3.63, 3.8) is 0 Å². The molecule has 20 heavy (non-hydrogen) atoms. The fraction of sp³-hybridized carbons (Fsp3) is 0.0714. The van der Waals surface area contributed by atoms with E-state index in [-0.39, 0.29) is 17.1 Å². The first-order chi connectivity index (χ1) is 9.52. The number of rotatable bonds is 3. The fourth-order valence-corrected chi connectivity index (χ4v) is 1.90. The molecule has 1 amide bonds. The Morgan fingerprint density at radius 3 is 2.75 bits per heavy atom. The van der Waals surface area contributed by atoms with Gasteiger partial charge in [0.2, 0.25) is 0 Å². The van der Waals surface area contributed by atoms with Crippen molar-refractivity contribution in [1.82, 2.24) is 0 Å². The molecule has 0 atom stereocenters. The molecule has 0 saturated heterocycles. The van der Waals surface area contributed by atoms with E-state index in [9.17, 15) is 9.90 Å². The van der Waals surface area contributed by atoms with Crippen LogP contribution in [0.3, 0.4) is 0 Å². The number of benzene rings is 2. The zero-order valence-electron chi connectivity index (χ0n) is 10.7. The predicted octanol–water partition coefficient (Wildman–Crippen LogP) is 2.89. The number of carbonyl (C=O) groups excluding carboxylic acids is 1. The zero-order chi connectivity index (χ0) is 14.7. The Hall–Kier alpha value is -2.40. The molecule has 0 saturated carbocycles. The number of hydrogen-bond donors (Lipinski definition) is 3. The summed E-state index contributed by atoms with van der Waals surface area (Å²) >= 11 is 5.88. The van der Waals surface area contributed by atoms with Crippen LogP contribution in [0.2, 0.25) is 5.02 Å². The fourth-order valence-electron chi connectivity index (χ4n) is 1.72. The summed E-state index contributed by atoms with van der Waals surface area (Å²) in [6.07, 6.45) is 0. The van der Waals surface area contributed by atoms with Gasteiger partial charge in [-0.15, -0.1) is 0 Å². The van der Waals surface area contributed by atoms with E-state index in [0.29, 0.717) is 16.4 Å². The van der Waals surface area contributed by atoms with Crippen LogP contribution in [0.15, 0.2) is 36.4 Å². The lowest BCUT2D eigenvalue weighted by Gasteiger charge is -2.11. The van der Waals surface area contributed by atoms with E-state index < -0.39 is 5.91 Å². The van der Waals surface area contributed by atoms with Gasteiger partial charge in [-0.25, -0.2) is 0 Å². The molecule has 6 heteroatoms. The molecule has 2 aromatic carbocycles. The van der Waals surface area contributed by atoms with Crippen molar-refractivity contribution < 1.29 is 14.6 Å². The van der Waals surface area contributed by atoms with E-state index in [2.05, 4.69) is 5.32 Å². The SMILES string of the molecule is COc1cccc(O)c1C(=O)Nc1ccc(N)c(Cl)c1. The van der Waals surface area contributed by atoms with Crippen LogP contribution in [0.4, 0.5) is 11.4 Å². The number of phenolic OH excluding ortho intramolecular Hbond substituents is 1. The molecule has 0 aliphatic carbocycles.